The van der Waals surface area contributed by atoms with Gasteiger partial charge in [0.1, 0.15) is 0 Å². The summed E-state index contributed by atoms with van der Waals surface area (Å²) in [4.78, 5) is 40.8. The normalized spacial score (nSPS) is 13.8. The van der Waals surface area contributed by atoms with Gasteiger partial charge in [0.15, 0.2) is 11.5 Å². The van der Waals surface area contributed by atoms with Crippen molar-refractivity contribution < 1.29 is 23.9 Å². The van der Waals surface area contributed by atoms with Crippen molar-refractivity contribution in [1.29, 1.82) is 0 Å². The molecule has 182 valence electrons. The van der Waals surface area contributed by atoms with E-state index in [-0.39, 0.29) is 12.5 Å². The number of nitrogens with one attached hydrogen (secondary N) is 2. The smallest absolute Gasteiger partial charge is 0.325 e. The Bertz CT molecular complexity index is 1010. The van der Waals surface area contributed by atoms with Crippen molar-refractivity contribution in [1.82, 2.24) is 15.1 Å². The topological polar surface area (TPSA) is 100 Å². The third-order valence-corrected chi connectivity index (χ3v) is 5.42. The first-order valence-electron chi connectivity index (χ1n) is 11.2. The Morgan fingerprint density at radius 2 is 1.56 bits per heavy atom. The average molecular weight is 489 g/mol. The zero-order valence-corrected chi connectivity index (χ0v) is 20.1. The highest BCUT2D eigenvalue weighted by atomic mass is 35.5. The number of nitrogens with zero attached hydrogens (tertiary/aromatic N) is 2. The highest BCUT2D eigenvalue weighted by Gasteiger charge is 2.23. The number of benzene rings is 2. The van der Waals surface area contributed by atoms with Gasteiger partial charge in [-0.05, 0) is 50.2 Å². The standard InChI is InChI=1S/C24H29ClN4O5/c1-3-33-20-10-9-19(15-21(20)34-4-2)26-24(32)27-22(30)16-28-11-13-29(14-12-28)23(31)17-5-7-18(25)8-6-17/h5-10,15H,3-4,11-14,16H2,1-2H3,(H2,26,27,30,32). The maximum absolute atomic E-state index is 12.6. The van der Waals surface area contributed by atoms with E-state index in [1.54, 1.807) is 47.4 Å². The van der Waals surface area contributed by atoms with Crippen LogP contribution < -0.4 is 20.1 Å². The first-order chi connectivity index (χ1) is 16.4. The highest BCUT2D eigenvalue weighted by molar-refractivity contribution is 6.30. The molecule has 9 nitrogen and oxygen atoms in total. The van der Waals surface area contributed by atoms with Crippen LogP contribution in [-0.2, 0) is 4.79 Å². The van der Waals surface area contributed by atoms with E-state index in [4.69, 9.17) is 21.1 Å². The molecule has 0 aliphatic carbocycles. The van der Waals surface area contributed by atoms with Crippen molar-refractivity contribution >= 4 is 35.1 Å². The molecule has 2 aromatic rings. The molecule has 1 heterocycles. The van der Waals surface area contributed by atoms with E-state index in [0.717, 1.165) is 0 Å². The van der Waals surface area contributed by atoms with Gasteiger partial charge in [0, 0.05) is 48.5 Å². The van der Waals surface area contributed by atoms with Crippen LogP contribution in [-0.4, -0.2) is 73.6 Å². The first-order valence-corrected chi connectivity index (χ1v) is 11.5. The average Bonchev–Trinajstić information content (AvgIpc) is 2.81. The Kier molecular flexibility index (Phi) is 9.12. The fourth-order valence-electron chi connectivity index (χ4n) is 3.54. The van der Waals surface area contributed by atoms with Gasteiger partial charge in [-0.3, -0.25) is 19.8 Å². The molecule has 0 unspecified atom stereocenters. The minimum Gasteiger partial charge on any atom is -0.490 e. The summed E-state index contributed by atoms with van der Waals surface area (Å²) in [6, 6.07) is 11.2. The Morgan fingerprint density at radius 1 is 0.912 bits per heavy atom. The van der Waals surface area contributed by atoms with Crippen LogP contribution in [0.5, 0.6) is 11.5 Å². The summed E-state index contributed by atoms with van der Waals surface area (Å²) in [5, 5.41) is 5.55. The van der Waals surface area contributed by atoms with Crippen LogP contribution in [0.1, 0.15) is 24.2 Å². The van der Waals surface area contributed by atoms with E-state index in [1.807, 2.05) is 18.7 Å². The third kappa shape index (κ3) is 7.10. The van der Waals surface area contributed by atoms with Crippen LogP contribution in [0.2, 0.25) is 5.02 Å². The molecule has 0 radical (unpaired) electrons. The predicted octanol–water partition coefficient (Wildman–Crippen LogP) is 3.24. The molecule has 0 aromatic heterocycles. The lowest BCUT2D eigenvalue weighted by Gasteiger charge is -2.34. The molecule has 0 spiro atoms. The Morgan fingerprint density at radius 3 is 2.21 bits per heavy atom. The monoisotopic (exact) mass is 488 g/mol. The van der Waals surface area contributed by atoms with Crippen LogP contribution in [0.25, 0.3) is 0 Å². The van der Waals surface area contributed by atoms with Gasteiger partial charge < -0.3 is 19.7 Å². The number of ether oxygens (including phenoxy) is 2. The van der Waals surface area contributed by atoms with Crippen LogP contribution in [0.15, 0.2) is 42.5 Å². The molecule has 1 saturated heterocycles. The summed E-state index contributed by atoms with van der Waals surface area (Å²) in [5.41, 5.74) is 1.06. The number of piperazine rings is 1. The first kappa shape index (κ1) is 25.3. The van der Waals surface area contributed by atoms with Gasteiger partial charge >= 0.3 is 6.03 Å². The summed E-state index contributed by atoms with van der Waals surface area (Å²) >= 11 is 5.88. The van der Waals surface area contributed by atoms with Gasteiger partial charge in [-0.15, -0.1) is 0 Å². The van der Waals surface area contributed by atoms with E-state index >= 15 is 0 Å². The van der Waals surface area contributed by atoms with Gasteiger partial charge in [0.05, 0.1) is 19.8 Å². The van der Waals surface area contributed by atoms with E-state index in [2.05, 4.69) is 10.6 Å². The molecule has 0 saturated carbocycles. The molecule has 2 aromatic carbocycles. The quantitative estimate of drug-likeness (QED) is 0.591. The van der Waals surface area contributed by atoms with Crippen LogP contribution >= 0.6 is 11.6 Å². The van der Waals surface area contributed by atoms with Crippen LogP contribution in [0, 0.1) is 0 Å². The number of carbonyl (C=O) groups excluding carboxylic acids is 3. The lowest BCUT2D eigenvalue weighted by atomic mass is 10.2. The molecule has 1 aliphatic rings. The number of halogens is 1. The molecule has 0 bridgehead atoms. The van der Waals surface area contributed by atoms with Gasteiger partial charge in [0.25, 0.3) is 5.91 Å². The Labute approximate surface area is 203 Å². The summed E-state index contributed by atoms with van der Waals surface area (Å²) < 4.78 is 11.1. The van der Waals surface area contributed by atoms with E-state index in [9.17, 15) is 14.4 Å². The van der Waals surface area contributed by atoms with Crippen molar-refractivity contribution in [3.63, 3.8) is 0 Å². The fraction of sp³-hybridized carbons (Fsp3) is 0.375. The minimum atomic E-state index is -0.631. The number of imide groups is 1. The fourth-order valence-corrected chi connectivity index (χ4v) is 3.67. The number of anilines is 1. The molecular weight excluding hydrogens is 460 g/mol. The van der Waals surface area contributed by atoms with Gasteiger partial charge in [-0.25, -0.2) is 4.79 Å². The molecule has 3 rings (SSSR count). The second kappa shape index (κ2) is 12.2. The SMILES string of the molecule is CCOc1ccc(NC(=O)NC(=O)CN2CCN(C(=O)c3ccc(Cl)cc3)CC2)cc1OCC. The molecule has 0 atom stereocenters. The largest absolute Gasteiger partial charge is 0.490 e. The van der Waals surface area contributed by atoms with E-state index in [1.165, 1.54) is 0 Å². The molecular formula is C24H29ClN4O5. The second-order valence-electron chi connectivity index (χ2n) is 7.61. The van der Waals surface area contributed by atoms with Gasteiger partial charge in [-0.1, -0.05) is 11.6 Å². The number of hydrogen-bond donors (Lipinski definition) is 2. The van der Waals surface area contributed by atoms with Crippen LogP contribution in [0.4, 0.5) is 10.5 Å². The zero-order valence-electron chi connectivity index (χ0n) is 19.3. The van der Waals surface area contributed by atoms with Crippen molar-refractivity contribution in [3.8, 4) is 11.5 Å². The van der Waals surface area contributed by atoms with E-state index in [0.29, 0.717) is 67.2 Å². The highest BCUT2D eigenvalue weighted by Crippen LogP contribution is 2.30. The molecule has 34 heavy (non-hydrogen) atoms. The summed E-state index contributed by atoms with van der Waals surface area (Å²) in [6.07, 6.45) is 0. The van der Waals surface area contributed by atoms with E-state index < -0.39 is 11.9 Å². The summed E-state index contributed by atoms with van der Waals surface area (Å²) in [5.74, 6) is 0.604. The number of rotatable bonds is 8. The summed E-state index contributed by atoms with van der Waals surface area (Å²) in [7, 11) is 0. The third-order valence-electron chi connectivity index (χ3n) is 5.17. The van der Waals surface area contributed by atoms with Gasteiger partial charge in [-0.2, -0.15) is 0 Å². The van der Waals surface area contributed by atoms with Crippen molar-refractivity contribution in [2.45, 2.75) is 13.8 Å². The molecule has 1 aliphatic heterocycles. The molecule has 2 N–H and O–H groups in total. The van der Waals surface area contributed by atoms with Crippen molar-refractivity contribution in [2.75, 3.05) is 51.3 Å². The van der Waals surface area contributed by atoms with Crippen LogP contribution in [0.3, 0.4) is 0 Å². The Balaban J connectivity index is 1.45. The van der Waals surface area contributed by atoms with Crippen molar-refractivity contribution in [2.24, 2.45) is 0 Å². The number of amides is 4. The lowest BCUT2D eigenvalue weighted by Crippen LogP contribution is -2.51. The number of urea groups is 1. The molecule has 4 amide bonds. The number of hydrogen-bond acceptors (Lipinski definition) is 6. The zero-order chi connectivity index (χ0) is 24.5. The lowest BCUT2D eigenvalue weighted by molar-refractivity contribution is -0.121. The Hall–Kier alpha value is -3.30. The maximum Gasteiger partial charge on any atom is 0.325 e. The number of carbonyl (C=O) groups is 3. The maximum atomic E-state index is 12.6. The minimum absolute atomic E-state index is 0.0594. The molecule has 10 heteroatoms. The molecule has 1 fully saturated rings. The second-order valence-corrected chi connectivity index (χ2v) is 8.04. The summed E-state index contributed by atoms with van der Waals surface area (Å²) in [6.45, 7) is 6.78. The predicted molar refractivity (Wildman–Crippen MR) is 130 cm³/mol. The van der Waals surface area contributed by atoms with Gasteiger partial charge in [0.2, 0.25) is 5.91 Å². The van der Waals surface area contributed by atoms with Crippen molar-refractivity contribution in [3.05, 3.63) is 53.1 Å².